The number of aromatic nitrogens is 3. The van der Waals surface area contributed by atoms with Gasteiger partial charge in [-0.05, 0) is 5.92 Å². The lowest BCUT2D eigenvalue weighted by Gasteiger charge is -2.02. The van der Waals surface area contributed by atoms with E-state index in [1.165, 1.54) is 4.52 Å². The highest BCUT2D eigenvalue weighted by molar-refractivity contribution is 6.43. The minimum atomic E-state index is 0. The van der Waals surface area contributed by atoms with Crippen LogP contribution in [0.1, 0.15) is 12.1 Å². The Morgan fingerprint density at radius 3 is 2.50 bits per heavy atom. The van der Waals surface area contributed by atoms with E-state index in [-0.39, 0.29) is 47.4 Å². The summed E-state index contributed by atoms with van der Waals surface area (Å²) in [6.07, 6.45) is 2.17. The maximum absolute atomic E-state index is 5.87. The number of rotatable bonds is 1. The topological polar surface area (TPSA) is 82.2 Å². The van der Waals surface area contributed by atoms with E-state index in [2.05, 4.69) is 21.9 Å². The van der Waals surface area contributed by atoms with Crippen molar-refractivity contribution in [2.45, 2.75) is 6.42 Å². The lowest BCUT2D eigenvalue weighted by Crippen LogP contribution is -2.01. The van der Waals surface area contributed by atoms with Gasteiger partial charge in [-0.1, -0.05) is 29.1 Å². The maximum Gasteiger partial charge on any atom is 0.179 e. The van der Waals surface area contributed by atoms with Gasteiger partial charge in [-0.25, -0.2) is 9.50 Å². The summed E-state index contributed by atoms with van der Waals surface area (Å²) in [5, 5.41) is 4.37. The van der Waals surface area contributed by atoms with Gasteiger partial charge in [0.25, 0.3) is 0 Å². The number of halogens is 5. The molecule has 0 aliphatic heterocycles. The van der Waals surface area contributed by atoms with Gasteiger partial charge in [0, 0.05) is 13.0 Å². The zero-order valence-corrected chi connectivity index (χ0v) is 13.9. The van der Waals surface area contributed by atoms with Crippen molar-refractivity contribution in [3.05, 3.63) is 22.1 Å². The SMILES string of the molecule is Cl.Cl.Cl.NCCC#Cc1cnc2c(N)c(Cl)c(Cl)nn12. The Hall–Kier alpha value is -0.610. The molecule has 20 heavy (non-hydrogen) atoms. The third-order valence-electron chi connectivity index (χ3n) is 2.07. The molecule has 0 radical (unpaired) electrons. The van der Waals surface area contributed by atoms with Gasteiger partial charge in [-0.15, -0.1) is 37.2 Å². The molecule has 2 aromatic rings. The number of imidazole rings is 1. The van der Waals surface area contributed by atoms with Crippen molar-refractivity contribution >= 4 is 71.8 Å². The molecule has 10 heteroatoms. The molecule has 0 spiro atoms. The summed E-state index contributed by atoms with van der Waals surface area (Å²) in [6, 6.07) is 0. The second-order valence-electron chi connectivity index (χ2n) is 3.24. The Bertz CT molecular complexity index is 630. The van der Waals surface area contributed by atoms with Crippen molar-refractivity contribution in [1.29, 1.82) is 0 Å². The smallest absolute Gasteiger partial charge is 0.179 e. The van der Waals surface area contributed by atoms with E-state index < -0.39 is 0 Å². The largest absolute Gasteiger partial charge is 0.394 e. The van der Waals surface area contributed by atoms with E-state index in [4.69, 9.17) is 34.7 Å². The molecule has 112 valence electrons. The van der Waals surface area contributed by atoms with Crippen LogP contribution in [0.25, 0.3) is 5.65 Å². The van der Waals surface area contributed by atoms with Crippen LogP contribution >= 0.6 is 60.4 Å². The molecule has 0 fully saturated rings. The average molecular weight is 380 g/mol. The first-order valence-corrected chi connectivity index (χ1v) is 5.58. The van der Waals surface area contributed by atoms with E-state index in [1.807, 2.05) is 0 Å². The molecule has 0 unspecified atom stereocenters. The van der Waals surface area contributed by atoms with Crippen LogP contribution in [0.2, 0.25) is 10.2 Å². The molecule has 0 saturated carbocycles. The molecule has 2 rings (SSSR count). The first-order chi connectivity index (χ1) is 8.15. The molecule has 2 heterocycles. The fourth-order valence-electron chi connectivity index (χ4n) is 1.28. The highest BCUT2D eigenvalue weighted by atomic mass is 35.5. The first kappa shape index (κ1) is 21.7. The van der Waals surface area contributed by atoms with Crippen LogP contribution in [0.5, 0.6) is 0 Å². The maximum atomic E-state index is 5.87. The van der Waals surface area contributed by atoms with Crippen molar-refractivity contribution in [1.82, 2.24) is 14.6 Å². The summed E-state index contributed by atoms with van der Waals surface area (Å²) in [7, 11) is 0. The lowest BCUT2D eigenvalue weighted by molar-refractivity contribution is 0.925. The number of nitrogen functional groups attached to an aromatic ring is 1. The average Bonchev–Trinajstić information content (AvgIpc) is 2.70. The van der Waals surface area contributed by atoms with Gasteiger partial charge < -0.3 is 11.5 Å². The zero-order valence-electron chi connectivity index (χ0n) is 9.97. The second kappa shape index (κ2) is 9.35. The number of hydrogen-bond donors (Lipinski definition) is 2. The summed E-state index contributed by atoms with van der Waals surface area (Å²) >= 11 is 11.7. The molecule has 0 aromatic carbocycles. The molecule has 0 aliphatic carbocycles. The molecule has 5 nitrogen and oxygen atoms in total. The molecule has 0 amide bonds. The number of hydrogen-bond acceptors (Lipinski definition) is 4. The normalized spacial score (nSPS) is 8.75. The summed E-state index contributed by atoms with van der Waals surface area (Å²) in [5.74, 6) is 5.78. The number of nitrogens with zero attached hydrogens (tertiary/aromatic N) is 3. The van der Waals surface area contributed by atoms with Crippen LogP contribution in [0.3, 0.4) is 0 Å². The predicted octanol–water partition coefficient (Wildman–Crippen LogP) is 2.58. The van der Waals surface area contributed by atoms with E-state index in [0.717, 1.165) is 0 Å². The fourth-order valence-corrected chi connectivity index (χ4v) is 1.58. The van der Waals surface area contributed by atoms with Gasteiger partial charge in [0.05, 0.1) is 11.9 Å². The highest BCUT2D eigenvalue weighted by Gasteiger charge is 2.12. The van der Waals surface area contributed by atoms with Gasteiger partial charge in [0.15, 0.2) is 10.8 Å². The van der Waals surface area contributed by atoms with Gasteiger partial charge in [-0.2, -0.15) is 5.10 Å². The Morgan fingerprint density at radius 1 is 1.25 bits per heavy atom. The van der Waals surface area contributed by atoms with Crippen molar-refractivity contribution in [3.63, 3.8) is 0 Å². The molecule has 0 aliphatic rings. The zero-order chi connectivity index (χ0) is 12.4. The van der Waals surface area contributed by atoms with Crippen molar-refractivity contribution in [2.75, 3.05) is 12.3 Å². The van der Waals surface area contributed by atoms with Crippen LogP contribution < -0.4 is 11.5 Å². The van der Waals surface area contributed by atoms with E-state index in [9.17, 15) is 0 Å². The standard InChI is InChI=1S/C10H9Cl2N5.3ClH/c11-7-8(14)10-15-5-6(3-1-2-4-13)17(10)16-9(7)12;;;/h5H,2,4,13-14H2;3*1H. The van der Waals surface area contributed by atoms with Gasteiger partial charge >= 0.3 is 0 Å². The lowest BCUT2D eigenvalue weighted by atomic mass is 10.4. The molecular formula is C10H12Cl5N5. The molecule has 2 aromatic heterocycles. The van der Waals surface area contributed by atoms with Crippen molar-refractivity contribution in [2.24, 2.45) is 5.73 Å². The second-order valence-corrected chi connectivity index (χ2v) is 3.97. The summed E-state index contributed by atoms with van der Waals surface area (Å²) in [5.41, 5.74) is 12.5. The quantitative estimate of drug-likeness (QED) is 0.746. The van der Waals surface area contributed by atoms with Gasteiger partial charge in [-0.3, -0.25) is 0 Å². The Kier molecular flexibility index (Phi) is 10.1. The van der Waals surface area contributed by atoms with E-state index in [0.29, 0.717) is 30.0 Å². The predicted molar refractivity (Wildman–Crippen MR) is 89.7 cm³/mol. The third-order valence-corrected chi connectivity index (χ3v) is 2.81. The first-order valence-electron chi connectivity index (χ1n) is 4.82. The minimum Gasteiger partial charge on any atom is -0.394 e. The summed E-state index contributed by atoms with van der Waals surface area (Å²) in [6.45, 7) is 0.506. The van der Waals surface area contributed by atoms with Crippen molar-refractivity contribution in [3.8, 4) is 11.8 Å². The van der Waals surface area contributed by atoms with Crippen LogP contribution in [0.15, 0.2) is 6.20 Å². The Balaban J connectivity index is 0. The number of anilines is 1. The van der Waals surface area contributed by atoms with Crippen LogP contribution in [0, 0.1) is 11.8 Å². The summed E-state index contributed by atoms with van der Waals surface area (Å²) in [4.78, 5) is 4.10. The molecule has 0 saturated heterocycles. The van der Waals surface area contributed by atoms with Crippen LogP contribution in [0.4, 0.5) is 5.69 Å². The third kappa shape index (κ3) is 4.19. The van der Waals surface area contributed by atoms with E-state index >= 15 is 0 Å². The Labute approximate surface area is 144 Å². The number of fused-ring (bicyclic) bond motifs is 1. The monoisotopic (exact) mass is 377 g/mol. The molecular weight excluding hydrogens is 367 g/mol. The van der Waals surface area contributed by atoms with Crippen LogP contribution in [-0.4, -0.2) is 21.1 Å². The van der Waals surface area contributed by atoms with E-state index in [1.54, 1.807) is 6.20 Å². The van der Waals surface area contributed by atoms with Crippen LogP contribution in [-0.2, 0) is 0 Å². The fraction of sp³-hybridized carbons (Fsp3) is 0.200. The number of nitrogens with two attached hydrogens (primary N) is 2. The Morgan fingerprint density at radius 2 is 1.90 bits per heavy atom. The van der Waals surface area contributed by atoms with Gasteiger partial charge in [0.2, 0.25) is 0 Å². The minimum absolute atomic E-state index is 0. The van der Waals surface area contributed by atoms with Gasteiger partial charge in [0.1, 0.15) is 10.7 Å². The molecule has 0 bridgehead atoms. The molecule has 4 N–H and O–H groups in total. The van der Waals surface area contributed by atoms with Crippen molar-refractivity contribution < 1.29 is 0 Å². The highest BCUT2D eigenvalue weighted by Crippen LogP contribution is 2.28. The summed E-state index contributed by atoms with van der Waals surface area (Å²) < 4.78 is 1.47. The molecule has 0 atom stereocenters.